The van der Waals surface area contributed by atoms with E-state index in [2.05, 4.69) is 23.2 Å². The van der Waals surface area contributed by atoms with Gasteiger partial charge in [-0.3, -0.25) is 4.98 Å². The van der Waals surface area contributed by atoms with Crippen molar-refractivity contribution >= 4 is 17.4 Å². The number of nitrogens with zero attached hydrogens (tertiary/aromatic N) is 2. The first kappa shape index (κ1) is 12.3. The van der Waals surface area contributed by atoms with Gasteiger partial charge in [-0.25, -0.2) is 0 Å². The zero-order valence-corrected chi connectivity index (χ0v) is 10.3. The van der Waals surface area contributed by atoms with Crippen molar-refractivity contribution in [2.45, 2.75) is 6.42 Å². The summed E-state index contributed by atoms with van der Waals surface area (Å²) in [5.74, 6) is 1.19. The van der Waals surface area contributed by atoms with E-state index in [1.165, 1.54) is 5.75 Å². The molecule has 15 heavy (non-hydrogen) atoms. The summed E-state index contributed by atoms with van der Waals surface area (Å²) in [4.78, 5) is 6.60. The Morgan fingerprint density at radius 1 is 1.40 bits per heavy atom. The minimum Gasteiger partial charge on any atom is -0.397 e. The molecule has 4 heteroatoms. The van der Waals surface area contributed by atoms with Crippen molar-refractivity contribution in [2.24, 2.45) is 0 Å². The van der Waals surface area contributed by atoms with Gasteiger partial charge in [-0.2, -0.15) is 11.8 Å². The van der Waals surface area contributed by atoms with Crippen molar-refractivity contribution in [2.75, 3.05) is 37.9 Å². The first-order valence-electron chi connectivity index (χ1n) is 5.10. The van der Waals surface area contributed by atoms with Crippen LogP contribution in [0.25, 0.3) is 0 Å². The topological polar surface area (TPSA) is 42.1 Å². The molecule has 1 heterocycles. The van der Waals surface area contributed by atoms with E-state index < -0.39 is 0 Å². The van der Waals surface area contributed by atoms with E-state index in [1.807, 2.05) is 23.9 Å². The highest BCUT2D eigenvalue weighted by atomic mass is 32.2. The Morgan fingerprint density at radius 2 is 2.20 bits per heavy atom. The average Bonchev–Trinajstić information content (AvgIpc) is 2.25. The van der Waals surface area contributed by atoms with Crippen LogP contribution in [0.4, 0.5) is 5.69 Å². The van der Waals surface area contributed by atoms with Crippen molar-refractivity contribution in [3.63, 3.8) is 0 Å². The molecule has 2 N–H and O–H groups in total. The molecule has 0 aliphatic carbocycles. The summed E-state index contributed by atoms with van der Waals surface area (Å²) >= 11 is 1.88. The quantitative estimate of drug-likeness (QED) is 0.796. The van der Waals surface area contributed by atoms with Gasteiger partial charge in [0.1, 0.15) is 0 Å². The smallest absolute Gasteiger partial charge is 0.0501 e. The summed E-state index contributed by atoms with van der Waals surface area (Å²) in [5, 5.41) is 0. The van der Waals surface area contributed by atoms with Crippen LogP contribution in [0.15, 0.2) is 18.3 Å². The number of anilines is 1. The molecule has 84 valence electrons. The predicted molar refractivity (Wildman–Crippen MR) is 68.2 cm³/mol. The van der Waals surface area contributed by atoms with Crippen LogP contribution < -0.4 is 5.73 Å². The summed E-state index contributed by atoms with van der Waals surface area (Å²) in [6.07, 6.45) is 4.84. The third kappa shape index (κ3) is 5.04. The Balaban J connectivity index is 2.27. The normalized spacial score (nSPS) is 10.9. The van der Waals surface area contributed by atoms with E-state index >= 15 is 0 Å². The Morgan fingerprint density at radius 3 is 2.80 bits per heavy atom. The molecule has 0 spiro atoms. The molecule has 0 aliphatic heterocycles. The van der Waals surface area contributed by atoms with Gasteiger partial charge >= 0.3 is 0 Å². The maximum atomic E-state index is 5.57. The number of aromatic nitrogens is 1. The van der Waals surface area contributed by atoms with Crippen LogP contribution in [0.2, 0.25) is 0 Å². The van der Waals surface area contributed by atoms with Crippen LogP contribution in [0.5, 0.6) is 0 Å². The molecule has 0 saturated carbocycles. The monoisotopic (exact) mass is 225 g/mol. The van der Waals surface area contributed by atoms with Crippen molar-refractivity contribution in [1.29, 1.82) is 0 Å². The fraction of sp³-hybridized carbons (Fsp3) is 0.545. The van der Waals surface area contributed by atoms with Crippen LogP contribution in [-0.2, 0) is 6.42 Å². The highest BCUT2D eigenvalue weighted by Gasteiger charge is 1.99. The first-order chi connectivity index (χ1) is 7.22. The third-order valence-corrected chi connectivity index (χ3v) is 2.87. The number of nitrogen functional groups attached to an aromatic ring is 1. The molecule has 0 atom stereocenters. The second-order valence-electron chi connectivity index (χ2n) is 3.63. The molecule has 3 nitrogen and oxygen atoms in total. The third-order valence-electron chi connectivity index (χ3n) is 2.27. The van der Waals surface area contributed by atoms with E-state index in [4.69, 9.17) is 5.73 Å². The minimum absolute atomic E-state index is 0.731. The molecule has 1 rings (SSSR count). The minimum atomic E-state index is 0.731. The standard InChI is InChI=1S/C11H19N3S/c1-14(7-8-15-2)6-5-11-4-3-10(12)9-13-11/h3-4,9H,5-8,12H2,1-2H3. The number of nitrogens with two attached hydrogens (primary N) is 1. The van der Waals surface area contributed by atoms with Gasteiger partial charge in [0, 0.05) is 31.0 Å². The summed E-state index contributed by atoms with van der Waals surface area (Å²) in [5.41, 5.74) is 7.41. The Hall–Kier alpha value is -0.740. The number of hydrogen-bond acceptors (Lipinski definition) is 4. The Kier molecular flexibility index (Phi) is 5.50. The van der Waals surface area contributed by atoms with Crippen LogP contribution in [0.1, 0.15) is 5.69 Å². The lowest BCUT2D eigenvalue weighted by atomic mass is 10.2. The Bertz CT molecular complexity index is 274. The average molecular weight is 225 g/mol. The molecule has 0 bridgehead atoms. The van der Waals surface area contributed by atoms with Gasteiger partial charge in [-0.05, 0) is 25.4 Å². The van der Waals surface area contributed by atoms with E-state index in [1.54, 1.807) is 6.20 Å². The van der Waals surface area contributed by atoms with Gasteiger partial charge in [-0.1, -0.05) is 0 Å². The van der Waals surface area contributed by atoms with Gasteiger partial charge in [0.05, 0.1) is 11.9 Å². The van der Waals surface area contributed by atoms with Gasteiger partial charge in [-0.15, -0.1) is 0 Å². The molecule has 0 aromatic carbocycles. The summed E-state index contributed by atoms with van der Waals surface area (Å²) in [6.45, 7) is 2.19. The molecule has 0 unspecified atom stereocenters. The first-order valence-corrected chi connectivity index (χ1v) is 6.49. The summed E-state index contributed by atoms with van der Waals surface area (Å²) in [6, 6.07) is 3.90. The van der Waals surface area contributed by atoms with Crippen LogP contribution in [0.3, 0.4) is 0 Å². The van der Waals surface area contributed by atoms with Gasteiger partial charge < -0.3 is 10.6 Å². The van der Waals surface area contributed by atoms with Gasteiger partial charge in [0.15, 0.2) is 0 Å². The lowest BCUT2D eigenvalue weighted by Crippen LogP contribution is -2.24. The fourth-order valence-corrected chi connectivity index (χ4v) is 1.74. The number of hydrogen-bond donors (Lipinski definition) is 1. The maximum Gasteiger partial charge on any atom is 0.0501 e. The van der Waals surface area contributed by atoms with E-state index in [0.29, 0.717) is 0 Å². The molecule has 0 saturated heterocycles. The van der Waals surface area contributed by atoms with E-state index in [9.17, 15) is 0 Å². The summed E-state index contributed by atoms with van der Waals surface area (Å²) < 4.78 is 0. The van der Waals surface area contributed by atoms with Crippen molar-refractivity contribution in [1.82, 2.24) is 9.88 Å². The Labute approximate surface area is 96.1 Å². The number of pyridine rings is 1. The fourth-order valence-electron chi connectivity index (χ4n) is 1.25. The van der Waals surface area contributed by atoms with Gasteiger partial charge in [0.2, 0.25) is 0 Å². The summed E-state index contributed by atoms with van der Waals surface area (Å²) in [7, 11) is 2.15. The lowest BCUT2D eigenvalue weighted by Gasteiger charge is -2.15. The zero-order chi connectivity index (χ0) is 11.1. The zero-order valence-electron chi connectivity index (χ0n) is 9.44. The molecule has 0 amide bonds. The molecular formula is C11H19N3S. The van der Waals surface area contributed by atoms with Crippen molar-refractivity contribution in [3.8, 4) is 0 Å². The molecule has 1 aromatic rings. The highest BCUT2D eigenvalue weighted by molar-refractivity contribution is 7.98. The number of rotatable bonds is 6. The van der Waals surface area contributed by atoms with E-state index in [0.717, 1.165) is 30.9 Å². The number of likely N-dealkylation sites (N-methyl/N-ethyl adjacent to an activating group) is 1. The van der Waals surface area contributed by atoms with Crippen LogP contribution >= 0.6 is 11.8 Å². The second-order valence-corrected chi connectivity index (χ2v) is 4.61. The predicted octanol–water partition coefficient (Wildman–Crippen LogP) is 1.50. The number of thioether (sulfide) groups is 1. The largest absolute Gasteiger partial charge is 0.397 e. The molecular weight excluding hydrogens is 206 g/mol. The van der Waals surface area contributed by atoms with Crippen LogP contribution in [-0.4, -0.2) is 42.0 Å². The maximum absolute atomic E-state index is 5.57. The van der Waals surface area contributed by atoms with E-state index in [-0.39, 0.29) is 0 Å². The highest BCUT2D eigenvalue weighted by Crippen LogP contribution is 2.02. The van der Waals surface area contributed by atoms with Crippen LogP contribution in [0, 0.1) is 0 Å². The SMILES string of the molecule is CSCCN(C)CCc1ccc(N)cn1. The van der Waals surface area contributed by atoms with Crippen molar-refractivity contribution < 1.29 is 0 Å². The molecule has 1 aromatic heterocycles. The molecule has 0 aliphatic rings. The lowest BCUT2D eigenvalue weighted by molar-refractivity contribution is 0.359. The molecule has 0 fully saturated rings. The van der Waals surface area contributed by atoms with Crippen molar-refractivity contribution in [3.05, 3.63) is 24.0 Å². The van der Waals surface area contributed by atoms with Gasteiger partial charge in [0.25, 0.3) is 0 Å². The second kappa shape index (κ2) is 6.69. The molecule has 0 radical (unpaired) electrons.